The first-order valence-corrected chi connectivity index (χ1v) is 19.3. The Bertz CT molecular complexity index is 1610. The van der Waals surface area contributed by atoms with E-state index >= 15 is 0 Å². The number of tetrazole rings is 1. The summed E-state index contributed by atoms with van der Waals surface area (Å²) < 4.78 is 1.32. The molecule has 0 unspecified atom stereocenters. The van der Waals surface area contributed by atoms with E-state index in [1.807, 2.05) is 87.6 Å². The Balaban J connectivity index is 0. The van der Waals surface area contributed by atoms with Gasteiger partial charge in [-0.3, -0.25) is 19.4 Å². The lowest BCUT2D eigenvalue weighted by molar-refractivity contribution is -0.139. The van der Waals surface area contributed by atoms with E-state index in [1.165, 1.54) is 15.0 Å². The lowest BCUT2D eigenvalue weighted by Gasteiger charge is -2.00. The first-order chi connectivity index (χ1) is 27.4. The van der Waals surface area contributed by atoms with Gasteiger partial charge in [-0.15, -0.1) is 15.3 Å². The van der Waals surface area contributed by atoms with Gasteiger partial charge < -0.3 is 15.3 Å². The van der Waals surface area contributed by atoms with Crippen LogP contribution in [0.2, 0.25) is 0 Å². The number of aromatic nitrogens is 13. The summed E-state index contributed by atoms with van der Waals surface area (Å²) in [4.78, 5) is 45.1. The molecule has 0 fully saturated rings. The zero-order valence-corrected chi connectivity index (χ0v) is 36.6. The van der Waals surface area contributed by atoms with E-state index in [4.69, 9.17) is 15.3 Å². The highest BCUT2D eigenvalue weighted by Crippen LogP contribution is 2.11. The molecular formula is C39H65N13O6. The minimum atomic E-state index is -0.970. The van der Waals surface area contributed by atoms with E-state index in [-0.39, 0.29) is 37.4 Å². The van der Waals surface area contributed by atoms with Crippen LogP contribution in [0.15, 0.2) is 55.4 Å². The molecule has 0 amide bonds. The van der Waals surface area contributed by atoms with Gasteiger partial charge in [0.2, 0.25) is 0 Å². The number of hydrogen-bond donors (Lipinski definition) is 3. The predicted octanol–water partition coefficient (Wildman–Crippen LogP) is 6.71. The molecule has 0 aromatic carbocycles. The van der Waals surface area contributed by atoms with Gasteiger partial charge in [0.15, 0.2) is 18.9 Å². The number of rotatable bonds is 11. The van der Waals surface area contributed by atoms with Crippen LogP contribution in [0.4, 0.5) is 0 Å². The topological polar surface area (TPSA) is 256 Å². The van der Waals surface area contributed by atoms with Crippen molar-refractivity contribution < 1.29 is 29.7 Å². The van der Waals surface area contributed by atoms with Crippen LogP contribution in [-0.4, -0.2) is 98.4 Å². The highest BCUT2D eigenvalue weighted by molar-refractivity contribution is 5.66. The van der Waals surface area contributed by atoms with Crippen LogP contribution in [-0.2, 0) is 34.0 Å². The Morgan fingerprint density at radius 2 is 1.10 bits per heavy atom. The second-order valence-electron chi connectivity index (χ2n) is 13.2. The zero-order chi connectivity index (χ0) is 44.8. The molecule has 19 heteroatoms. The lowest BCUT2D eigenvalue weighted by atomic mass is 10.1. The normalized spacial score (nSPS) is 9.91. The van der Waals surface area contributed by atoms with Gasteiger partial charge in [-0.25, -0.2) is 14.6 Å². The van der Waals surface area contributed by atoms with Crippen molar-refractivity contribution >= 4 is 17.9 Å². The summed E-state index contributed by atoms with van der Waals surface area (Å²) in [6.07, 6.45) is 10.5. The average Bonchev–Trinajstić information content (AvgIpc) is 3.97. The largest absolute Gasteiger partial charge is 0.480 e. The summed E-state index contributed by atoms with van der Waals surface area (Å²) in [6.45, 7) is 27.7. The summed E-state index contributed by atoms with van der Waals surface area (Å²) in [6, 6.07) is 5.89. The van der Waals surface area contributed by atoms with Crippen molar-refractivity contribution in [3.05, 3.63) is 84.0 Å². The minimum absolute atomic E-state index is 0.125. The molecule has 0 saturated heterocycles. The predicted molar refractivity (Wildman–Crippen MR) is 220 cm³/mol. The van der Waals surface area contributed by atoms with Gasteiger partial charge in [0.1, 0.15) is 12.4 Å². The molecule has 5 heterocycles. The first-order valence-electron chi connectivity index (χ1n) is 19.3. The fourth-order valence-corrected chi connectivity index (χ4v) is 3.57. The highest BCUT2D eigenvalue weighted by Gasteiger charge is 2.09. The summed E-state index contributed by atoms with van der Waals surface area (Å²) in [5.41, 5.74) is 2.94. The maximum atomic E-state index is 10.3. The first kappa shape index (κ1) is 54.1. The third kappa shape index (κ3) is 25.2. The molecular weight excluding hydrogens is 747 g/mol. The van der Waals surface area contributed by atoms with E-state index in [0.717, 1.165) is 22.0 Å². The number of carboxylic acids is 3. The molecule has 0 spiro atoms. The van der Waals surface area contributed by atoms with Crippen LogP contribution >= 0.6 is 0 Å². The maximum absolute atomic E-state index is 10.3. The van der Waals surface area contributed by atoms with Gasteiger partial charge in [0.25, 0.3) is 0 Å². The van der Waals surface area contributed by atoms with E-state index in [9.17, 15) is 14.4 Å². The second kappa shape index (κ2) is 31.1. The summed E-state index contributed by atoms with van der Waals surface area (Å²) >= 11 is 0. The molecule has 0 radical (unpaired) electrons. The standard InChI is InChI=1S/C8H11N.2C7H11N3O2.C7H10N2.C6H10N4O2.2C2H6/c1-7(2)8-4-3-5-9-6-8;1-5(2)6-3-10(9-8-6)4-7(11)12;1-5(2)6-3-8-10(9-6)4-7(11)12;1-6(2)7-8-4-3-5-9-7;1-4(2)6-7-9-10(8-6)3-5(11)12;2*1-2/h3-7H,1-2H3;2*3,5H,4H2,1-2H3,(H,11,12);3-6H,1-2H3;4H,3H2,1-2H3,(H,11,12);2*1-2H3. The summed E-state index contributed by atoms with van der Waals surface area (Å²) in [5, 5.41) is 51.6. The number of aliphatic carboxylic acids is 3. The third-order valence-electron chi connectivity index (χ3n) is 6.58. The summed E-state index contributed by atoms with van der Waals surface area (Å²) in [7, 11) is 0. The molecule has 0 aliphatic carbocycles. The van der Waals surface area contributed by atoms with E-state index in [1.54, 1.807) is 31.0 Å². The van der Waals surface area contributed by atoms with Crippen LogP contribution in [0.1, 0.15) is 155 Å². The fourth-order valence-electron chi connectivity index (χ4n) is 3.57. The van der Waals surface area contributed by atoms with E-state index in [0.29, 0.717) is 17.7 Å². The average molecular weight is 812 g/mol. The zero-order valence-electron chi connectivity index (χ0n) is 36.6. The molecule has 0 aliphatic rings. The van der Waals surface area contributed by atoms with Crippen LogP contribution in [0.3, 0.4) is 0 Å². The highest BCUT2D eigenvalue weighted by atomic mass is 16.4. The Labute approximate surface area is 342 Å². The van der Waals surface area contributed by atoms with Gasteiger partial charge in [0.05, 0.1) is 17.6 Å². The Hall–Kier alpha value is -6.01. The molecule has 0 saturated carbocycles. The molecule has 322 valence electrons. The van der Waals surface area contributed by atoms with Crippen molar-refractivity contribution in [1.29, 1.82) is 0 Å². The van der Waals surface area contributed by atoms with Crippen LogP contribution in [0.25, 0.3) is 0 Å². The van der Waals surface area contributed by atoms with Gasteiger partial charge in [0, 0.05) is 42.8 Å². The van der Waals surface area contributed by atoms with Crippen LogP contribution in [0.5, 0.6) is 0 Å². The third-order valence-corrected chi connectivity index (χ3v) is 6.58. The Kier molecular flexibility index (Phi) is 29.0. The molecule has 5 rings (SSSR count). The molecule has 0 atom stereocenters. The molecule has 58 heavy (non-hydrogen) atoms. The van der Waals surface area contributed by atoms with Crippen molar-refractivity contribution in [2.24, 2.45) is 0 Å². The van der Waals surface area contributed by atoms with Gasteiger partial charge >= 0.3 is 17.9 Å². The quantitative estimate of drug-likeness (QED) is 0.125. The molecule has 19 nitrogen and oxygen atoms in total. The molecule has 0 bridgehead atoms. The van der Waals surface area contributed by atoms with E-state index < -0.39 is 17.9 Å². The maximum Gasteiger partial charge on any atom is 0.327 e. The number of carbonyl (C=O) groups is 3. The number of nitrogens with zero attached hydrogens (tertiary/aromatic N) is 13. The Morgan fingerprint density at radius 3 is 1.47 bits per heavy atom. The van der Waals surface area contributed by atoms with Gasteiger partial charge in [-0.1, -0.05) is 108 Å². The van der Waals surface area contributed by atoms with Crippen molar-refractivity contribution in [1.82, 2.24) is 65.1 Å². The number of carboxylic acid groups (broad SMARTS) is 3. The minimum Gasteiger partial charge on any atom is -0.480 e. The SMILES string of the molecule is CC.CC.CC(C)c1cccnc1.CC(C)c1cn(CC(=O)O)nn1.CC(C)c1cnn(CC(=O)O)n1.CC(C)c1ncccn1.CC(C)c1nnn(CC(=O)O)n1. The lowest BCUT2D eigenvalue weighted by Crippen LogP contribution is -2.11. The Morgan fingerprint density at radius 1 is 0.569 bits per heavy atom. The van der Waals surface area contributed by atoms with E-state index in [2.05, 4.69) is 84.6 Å². The van der Waals surface area contributed by atoms with Crippen LogP contribution < -0.4 is 0 Å². The van der Waals surface area contributed by atoms with Crippen molar-refractivity contribution in [2.45, 2.75) is 146 Å². The molecule has 3 N–H and O–H groups in total. The monoisotopic (exact) mass is 812 g/mol. The van der Waals surface area contributed by atoms with Gasteiger partial charge in [-0.2, -0.15) is 19.8 Å². The molecule has 5 aromatic heterocycles. The molecule has 5 aromatic rings. The smallest absolute Gasteiger partial charge is 0.327 e. The van der Waals surface area contributed by atoms with Crippen molar-refractivity contribution in [2.75, 3.05) is 0 Å². The number of hydrogen-bond acceptors (Lipinski definition) is 13. The summed E-state index contributed by atoms with van der Waals surface area (Å²) in [5.74, 6) is 0.449. The van der Waals surface area contributed by atoms with Crippen molar-refractivity contribution in [3.63, 3.8) is 0 Å². The second-order valence-corrected chi connectivity index (χ2v) is 13.2. The van der Waals surface area contributed by atoms with Gasteiger partial charge in [-0.05, 0) is 40.7 Å². The van der Waals surface area contributed by atoms with Crippen LogP contribution in [0, 0.1) is 0 Å². The van der Waals surface area contributed by atoms with Crippen molar-refractivity contribution in [3.8, 4) is 0 Å². The fraction of sp³-hybridized carbons (Fsp3) is 0.564. The molecule has 0 aliphatic heterocycles. The number of pyridine rings is 1.